The lowest BCUT2D eigenvalue weighted by Crippen LogP contribution is -2.28. The standard InChI is InChI=1S/C23H17F3N2O4/c24-23(25,26)16-6-3-14(4-7-16)9-10-27-20(29)15-5-8-18-19(12-15)22(31)28(21(18)30)13-17-2-1-11-32-17/h1-8,11-12H,9-10,13H2,(H,27,29). The van der Waals surface area contributed by atoms with Gasteiger partial charge >= 0.3 is 6.18 Å². The summed E-state index contributed by atoms with van der Waals surface area (Å²) in [6.07, 6.45) is -2.61. The average molecular weight is 442 g/mol. The van der Waals surface area contributed by atoms with E-state index < -0.39 is 29.5 Å². The second kappa shape index (κ2) is 8.33. The number of alkyl halides is 3. The molecular weight excluding hydrogens is 425 g/mol. The number of fused-ring (bicyclic) bond motifs is 1. The van der Waals surface area contributed by atoms with Crippen molar-refractivity contribution >= 4 is 17.7 Å². The van der Waals surface area contributed by atoms with E-state index in [1.807, 2.05) is 0 Å². The first kappa shape index (κ1) is 21.4. The maximum Gasteiger partial charge on any atom is 0.416 e. The summed E-state index contributed by atoms with van der Waals surface area (Å²) in [6.45, 7) is 0.187. The van der Waals surface area contributed by atoms with Crippen molar-refractivity contribution in [3.05, 3.63) is 94.4 Å². The summed E-state index contributed by atoms with van der Waals surface area (Å²) in [5, 5.41) is 2.67. The number of carbonyl (C=O) groups is 3. The molecule has 0 spiro atoms. The Bertz CT molecular complexity index is 1170. The minimum atomic E-state index is -4.40. The molecule has 32 heavy (non-hydrogen) atoms. The number of rotatable bonds is 6. The van der Waals surface area contributed by atoms with E-state index in [4.69, 9.17) is 4.42 Å². The summed E-state index contributed by atoms with van der Waals surface area (Å²) in [7, 11) is 0. The Morgan fingerprint density at radius 1 is 0.969 bits per heavy atom. The minimum absolute atomic E-state index is 0.00595. The van der Waals surface area contributed by atoms with E-state index in [1.54, 1.807) is 12.1 Å². The summed E-state index contributed by atoms with van der Waals surface area (Å²) in [6, 6.07) is 12.3. The lowest BCUT2D eigenvalue weighted by molar-refractivity contribution is -0.137. The highest BCUT2D eigenvalue weighted by Gasteiger charge is 2.36. The van der Waals surface area contributed by atoms with Crippen molar-refractivity contribution < 1.29 is 32.0 Å². The Kier molecular flexibility index (Phi) is 5.56. The van der Waals surface area contributed by atoms with Crippen LogP contribution in [0, 0.1) is 0 Å². The van der Waals surface area contributed by atoms with E-state index in [9.17, 15) is 27.6 Å². The van der Waals surface area contributed by atoms with Crippen LogP contribution in [0.15, 0.2) is 65.3 Å². The van der Waals surface area contributed by atoms with Crippen LogP contribution < -0.4 is 5.32 Å². The molecule has 0 fully saturated rings. The molecule has 0 radical (unpaired) electrons. The Morgan fingerprint density at radius 2 is 1.69 bits per heavy atom. The molecule has 1 aromatic heterocycles. The Morgan fingerprint density at radius 3 is 2.34 bits per heavy atom. The first-order valence-electron chi connectivity index (χ1n) is 9.71. The van der Waals surface area contributed by atoms with Crippen LogP contribution in [0.2, 0.25) is 0 Å². The van der Waals surface area contributed by atoms with Crippen molar-refractivity contribution in [2.75, 3.05) is 6.54 Å². The van der Waals surface area contributed by atoms with Gasteiger partial charge in [0.2, 0.25) is 0 Å². The lowest BCUT2D eigenvalue weighted by atomic mass is 10.1. The van der Waals surface area contributed by atoms with Crippen molar-refractivity contribution in [3.8, 4) is 0 Å². The van der Waals surface area contributed by atoms with E-state index in [2.05, 4.69) is 5.32 Å². The predicted molar refractivity (Wildman–Crippen MR) is 107 cm³/mol. The monoisotopic (exact) mass is 442 g/mol. The fourth-order valence-electron chi connectivity index (χ4n) is 3.42. The van der Waals surface area contributed by atoms with Gasteiger partial charge < -0.3 is 9.73 Å². The van der Waals surface area contributed by atoms with Gasteiger partial charge in [0.05, 0.1) is 29.5 Å². The van der Waals surface area contributed by atoms with Gasteiger partial charge in [0.1, 0.15) is 5.76 Å². The van der Waals surface area contributed by atoms with E-state index in [0.717, 1.165) is 17.0 Å². The molecule has 164 valence electrons. The molecule has 0 saturated heterocycles. The van der Waals surface area contributed by atoms with Gasteiger partial charge in [-0.25, -0.2) is 0 Å². The van der Waals surface area contributed by atoms with Gasteiger partial charge in [-0.3, -0.25) is 19.3 Å². The number of furan rings is 1. The molecule has 1 N–H and O–H groups in total. The number of benzene rings is 2. The number of amides is 3. The van der Waals surface area contributed by atoms with Crippen LogP contribution in [0.1, 0.15) is 48.0 Å². The molecule has 6 nitrogen and oxygen atoms in total. The number of nitrogens with zero attached hydrogens (tertiary/aromatic N) is 1. The molecule has 1 aliphatic rings. The predicted octanol–water partition coefficient (Wildman–Crippen LogP) is 4.07. The second-order valence-corrected chi connectivity index (χ2v) is 7.24. The van der Waals surface area contributed by atoms with Gasteiger partial charge in [-0.1, -0.05) is 12.1 Å². The first-order valence-corrected chi connectivity index (χ1v) is 9.71. The van der Waals surface area contributed by atoms with Crippen LogP contribution in [0.5, 0.6) is 0 Å². The molecule has 0 saturated carbocycles. The molecule has 0 aliphatic carbocycles. The normalized spacial score (nSPS) is 13.4. The lowest BCUT2D eigenvalue weighted by Gasteiger charge is -2.11. The molecule has 2 heterocycles. The topological polar surface area (TPSA) is 79.6 Å². The summed E-state index contributed by atoms with van der Waals surface area (Å²) in [5.74, 6) is -0.971. The smallest absolute Gasteiger partial charge is 0.416 e. The Hall–Kier alpha value is -3.88. The van der Waals surface area contributed by atoms with Crippen molar-refractivity contribution in [3.63, 3.8) is 0 Å². The molecule has 0 atom stereocenters. The van der Waals surface area contributed by atoms with Crippen molar-refractivity contribution in [1.82, 2.24) is 10.2 Å². The molecule has 1 aliphatic heterocycles. The molecule has 0 bridgehead atoms. The highest BCUT2D eigenvalue weighted by molar-refractivity contribution is 6.22. The number of hydrogen-bond acceptors (Lipinski definition) is 4. The highest BCUT2D eigenvalue weighted by Crippen LogP contribution is 2.29. The zero-order valence-electron chi connectivity index (χ0n) is 16.6. The summed E-state index contributed by atoms with van der Waals surface area (Å²) < 4.78 is 43.1. The third-order valence-electron chi connectivity index (χ3n) is 5.11. The number of hydrogen-bond donors (Lipinski definition) is 1. The van der Waals surface area contributed by atoms with Crippen molar-refractivity contribution in [2.24, 2.45) is 0 Å². The number of imide groups is 1. The molecule has 9 heteroatoms. The van der Waals surface area contributed by atoms with E-state index in [1.165, 1.54) is 36.6 Å². The largest absolute Gasteiger partial charge is 0.467 e. The summed E-state index contributed by atoms with van der Waals surface area (Å²) in [5.41, 5.74) is 0.460. The van der Waals surface area contributed by atoms with Crippen molar-refractivity contribution in [2.45, 2.75) is 19.1 Å². The SMILES string of the molecule is O=C(NCCc1ccc(C(F)(F)F)cc1)c1ccc2c(c1)C(=O)N(Cc1ccco1)C2=O. The quantitative estimate of drug-likeness (QED) is 0.584. The first-order chi connectivity index (χ1) is 15.2. The van der Waals surface area contributed by atoms with Crippen LogP contribution in [0.25, 0.3) is 0 Å². The van der Waals surface area contributed by atoms with Crippen LogP contribution in [0.4, 0.5) is 13.2 Å². The Balaban J connectivity index is 1.38. The summed E-state index contributed by atoms with van der Waals surface area (Å²) in [4.78, 5) is 38.7. The van der Waals surface area contributed by atoms with Gasteiger partial charge in [0.15, 0.2) is 0 Å². The third kappa shape index (κ3) is 4.27. The van der Waals surface area contributed by atoms with E-state index >= 15 is 0 Å². The third-order valence-corrected chi connectivity index (χ3v) is 5.11. The fraction of sp³-hybridized carbons (Fsp3) is 0.174. The zero-order chi connectivity index (χ0) is 22.9. The van der Waals surface area contributed by atoms with Crippen LogP contribution in [-0.4, -0.2) is 29.2 Å². The van der Waals surface area contributed by atoms with E-state index in [0.29, 0.717) is 17.7 Å². The highest BCUT2D eigenvalue weighted by atomic mass is 19.4. The summed E-state index contributed by atoms with van der Waals surface area (Å²) >= 11 is 0. The maximum atomic E-state index is 12.7. The molecule has 3 amide bonds. The molecule has 0 unspecified atom stereocenters. The van der Waals surface area contributed by atoms with Gasteiger partial charge in [-0.2, -0.15) is 13.2 Å². The zero-order valence-corrected chi connectivity index (χ0v) is 16.6. The van der Waals surface area contributed by atoms with Crippen LogP contribution >= 0.6 is 0 Å². The molecular formula is C23H17F3N2O4. The van der Waals surface area contributed by atoms with E-state index in [-0.39, 0.29) is 29.8 Å². The Labute approximate surface area is 180 Å². The molecule has 3 aromatic rings. The van der Waals surface area contributed by atoms with Crippen LogP contribution in [-0.2, 0) is 19.1 Å². The van der Waals surface area contributed by atoms with Crippen LogP contribution in [0.3, 0.4) is 0 Å². The molecule has 2 aromatic carbocycles. The maximum absolute atomic E-state index is 12.7. The average Bonchev–Trinajstić information content (AvgIpc) is 3.36. The van der Waals surface area contributed by atoms with Crippen molar-refractivity contribution in [1.29, 1.82) is 0 Å². The second-order valence-electron chi connectivity index (χ2n) is 7.24. The van der Waals surface area contributed by atoms with Gasteiger partial charge in [-0.05, 0) is 54.4 Å². The number of nitrogens with one attached hydrogen (secondary N) is 1. The van der Waals surface area contributed by atoms with Gasteiger partial charge in [-0.15, -0.1) is 0 Å². The van der Waals surface area contributed by atoms with Gasteiger partial charge in [0.25, 0.3) is 17.7 Å². The minimum Gasteiger partial charge on any atom is -0.467 e. The number of halogens is 3. The molecule has 4 rings (SSSR count). The van der Waals surface area contributed by atoms with Gasteiger partial charge in [0, 0.05) is 12.1 Å². The number of carbonyl (C=O) groups excluding carboxylic acids is 3. The fourth-order valence-corrected chi connectivity index (χ4v) is 3.42.